The van der Waals surface area contributed by atoms with Crippen molar-refractivity contribution in [2.75, 3.05) is 4.72 Å². The molecule has 2 heterocycles. The lowest BCUT2D eigenvalue weighted by atomic mass is 10.2. The molecular formula is C12H10BrN3O2S2. The summed E-state index contributed by atoms with van der Waals surface area (Å²) in [4.78, 5) is 0. The highest BCUT2D eigenvalue weighted by atomic mass is 79.9. The number of aromatic amines is 1. The second-order valence-corrected chi connectivity index (χ2v) is 8.58. The molecule has 2 N–H and O–H groups in total. The van der Waals surface area contributed by atoms with Gasteiger partial charge in [0.05, 0.1) is 21.2 Å². The number of sulfonamides is 1. The second kappa shape index (κ2) is 4.87. The molecule has 0 saturated carbocycles. The van der Waals surface area contributed by atoms with E-state index in [1.165, 1.54) is 11.3 Å². The van der Waals surface area contributed by atoms with E-state index in [2.05, 4.69) is 30.8 Å². The maximum absolute atomic E-state index is 12.3. The van der Waals surface area contributed by atoms with E-state index in [-0.39, 0.29) is 4.21 Å². The highest BCUT2D eigenvalue weighted by Gasteiger charge is 2.18. The number of H-pyrrole nitrogens is 1. The number of thiophene rings is 1. The minimum absolute atomic E-state index is 0.284. The average molecular weight is 372 g/mol. The number of halogens is 1. The molecule has 0 radical (unpaired) electrons. The highest BCUT2D eigenvalue weighted by Crippen LogP contribution is 2.31. The number of nitrogens with one attached hydrogen (secondary N) is 2. The van der Waals surface area contributed by atoms with E-state index >= 15 is 0 Å². The Labute approximate surface area is 128 Å². The fourth-order valence-electron chi connectivity index (χ4n) is 1.77. The Morgan fingerprint density at radius 3 is 2.85 bits per heavy atom. The molecule has 104 valence electrons. The summed E-state index contributed by atoms with van der Waals surface area (Å²) in [7, 11) is -3.56. The van der Waals surface area contributed by atoms with Gasteiger partial charge in [-0.3, -0.25) is 9.82 Å². The zero-order valence-corrected chi connectivity index (χ0v) is 13.6. The first-order valence-corrected chi connectivity index (χ1v) is 8.77. The van der Waals surface area contributed by atoms with Crippen LogP contribution in [0.2, 0.25) is 0 Å². The van der Waals surface area contributed by atoms with Gasteiger partial charge in [0.15, 0.2) is 0 Å². The van der Waals surface area contributed by atoms with Crippen molar-refractivity contribution < 1.29 is 8.42 Å². The van der Waals surface area contributed by atoms with Crippen molar-refractivity contribution in [2.24, 2.45) is 0 Å². The van der Waals surface area contributed by atoms with Crippen LogP contribution in [0.1, 0.15) is 5.56 Å². The Hall–Kier alpha value is -1.38. The molecule has 0 aliphatic heterocycles. The Balaban J connectivity index is 1.96. The average Bonchev–Trinajstić information content (AvgIpc) is 2.96. The SMILES string of the molecule is Cc1cc(S(=O)(=O)Nc2ccc3cn[nH]c3c2)sc1Br. The van der Waals surface area contributed by atoms with Crippen LogP contribution in [-0.2, 0) is 10.0 Å². The second-order valence-electron chi connectivity index (χ2n) is 4.30. The molecule has 0 spiro atoms. The van der Waals surface area contributed by atoms with Crippen molar-refractivity contribution in [3.05, 3.63) is 39.8 Å². The molecule has 0 aliphatic rings. The monoisotopic (exact) mass is 371 g/mol. The Kier molecular flexibility index (Phi) is 3.31. The first kappa shape index (κ1) is 13.6. The number of benzene rings is 1. The van der Waals surface area contributed by atoms with Gasteiger partial charge in [-0.05, 0) is 52.7 Å². The molecular weight excluding hydrogens is 362 g/mol. The number of anilines is 1. The predicted molar refractivity (Wildman–Crippen MR) is 83.7 cm³/mol. The van der Waals surface area contributed by atoms with E-state index < -0.39 is 10.0 Å². The molecule has 5 nitrogen and oxygen atoms in total. The van der Waals surface area contributed by atoms with E-state index in [1.54, 1.807) is 24.4 Å². The number of nitrogens with zero attached hydrogens (tertiary/aromatic N) is 1. The van der Waals surface area contributed by atoms with Gasteiger partial charge in [-0.25, -0.2) is 8.42 Å². The van der Waals surface area contributed by atoms with Crippen LogP contribution in [0.4, 0.5) is 5.69 Å². The Morgan fingerprint density at radius 2 is 2.15 bits per heavy atom. The molecule has 0 fully saturated rings. The summed E-state index contributed by atoms with van der Waals surface area (Å²) in [6.45, 7) is 1.86. The third-order valence-corrected chi connectivity index (χ3v) is 6.79. The van der Waals surface area contributed by atoms with Gasteiger partial charge in [0.25, 0.3) is 10.0 Å². The molecule has 3 rings (SSSR count). The predicted octanol–water partition coefficient (Wildman–Crippen LogP) is 3.50. The van der Waals surface area contributed by atoms with Gasteiger partial charge < -0.3 is 0 Å². The lowest BCUT2D eigenvalue weighted by Gasteiger charge is -2.05. The minimum atomic E-state index is -3.56. The van der Waals surface area contributed by atoms with Gasteiger partial charge in [-0.15, -0.1) is 11.3 Å². The third kappa shape index (κ3) is 2.46. The molecule has 8 heteroatoms. The molecule has 1 aromatic carbocycles. The maximum Gasteiger partial charge on any atom is 0.271 e. The summed E-state index contributed by atoms with van der Waals surface area (Å²) in [5.74, 6) is 0. The van der Waals surface area contributed by atoms with Crippen LogP contribution in [0.25, 0.3) is 10.9 Å². The summed E-state index contributed by atoms with van der Waals surface area (Å²) >= 11 is 4.53. The van der Waals surface area contributed by atoms with Crippen LogP contribution in [0, 0.1) is 6.92 Å². The van der Waals surface area contributed by atoms with Gasteiger partial charge in [0, 0.05) is 5.39 Å². The molecule has 3 aromatic rings. The van der Waals surface area contributed by atoms with E-state index in [0.717, 1.165) is 20.3 Å². The van der Waals surface area contributed by atoms with Crippen molar-refractivity contribution in [1.82, 2.24) is 10.2 Å². The lowest BCUT2D eigenvalue weighted by Crippen LogP contribution is -2.11. The Bertz CT molecular complexity index is 864. The standard InChI is InChI=1S/C12H10BrN3O2S2/c1-7-4-11(19-12(7)13)20(17,18)16-9-3-2-8-6-14-15-10(8)5-9/h2-6,16H,1H3,(H,14,15). The smallest absolute Gasteiger partial charge is 0.271 e. The topological polar surface area (TPSA) is 74.8 Å². The summed E-state index contributed by atoms with van der Waals surface area (Å²) in [6.07, 6.45) is 1.69. The van der Waals surface area contributed by atoms with E-state index in [0.29, 0.717) is 5.69 Å². The summed E-state index contributed by atoms with van der Waals surface area (Å²) < 4.78 is 28.3. The normalized spacial score (nSPS) is 11.9. The molecule has 0 amide bonds. The van der Waals surface area contributed by atoms with E-state index in [1.807, 2.05) is 13.0 Å². The molecule has 0 unspecified atom stereocenters. The molecule has 0 aliphatic carbocycles. The van der Waals surface area contributed by atoms with Crippen LogP contribution in [-0.4, -0.2) is 18.6 Å². The maximum atomic E-state index is 12.3. The van der Waals surface area contributed by atoms with Crippen LogP contribution >= 0.6 is 27.3 Å². The quantitative estimate of drug-likeness (QED) is 0.739. The van der Waals surface area contributed by atoms with Crippen molar-refractivity contribution in [3.63, 3.8) is 0 Å². The number of fused-ring (bicyclic) bond motifs is 1. The van der Waals surface area contributed by atoms with Crippen LogP contribution in [0.5, 0.6) is 0 Å². The molecule has 0 atom stereocenters. The third-order valence-electron chi connectivity index (χ3n) is 2.79. The van der Waals surface area contributed by atoms with Gasteiger partial charge in [0.1, 0.15) is 4.21 Å². The lowest BCUT2D eigenvalue weighted by molar-refractivity contribution is 0.603. The van der Waals surface area contributed by atoms with Gasteiger partial charge in [-0.2, -0.15) is 5.10 Å². The van der Waals surface area contributed by atoms with Gasteiger partial charge in [-0.1, -0.05) is 0 Å². The number of aryl methyl sites for hydroxylation is 1. The zero-order chi connectivity index (χ0) is 14.3. The fraction of sp³-hybridized carbons (Fsp3) is 0.0833. The van der Waals surface area contributed by atoms with Crippen molar-refractivity contribution >= 4 is 53.9 Å². The summed E-state index contributed by atoms with van der Waals surface area (Å²) in [6, 6.07) is 6.89. The Morgan fingerprint density at radius 1 is 1.35 bits per heavy atom. The van der Waals surface area contributed by atoms with E-state index in [9.17, 15) is 8.42 Å². The summed E-state index contributed by atoms with van der Waals surface area (Å²) in [5, 5.41) is 7.65. The van der Waals surface area contributed by atoms with Crippen molar-refractivity contribution in [3.8, 4) is 0 Å². The van der Waals surface area contributed by atoms with Crippen LogP contribution in [0.15, 0.2) is 38.5 Å². The summed E-state index contributed by atoms with van der Waals surface area (Å²) in [5.41, 5.74) is 2.19. The number of rotatable bonds is 3. The minimum Gasteiger partial charge on any atom is -0.279 e. The highest BCUT2D eigenvalue weighted by molar-refractivity contribution is 9.11. The van der Waals surface area contributed by atoms with Crippen LogP contribution in [0.3, 0.4) is 0 Å². The van der Waals surface area contributed by atoms with Crippen molar-refractivity contribution in [1.29, 1.82) is 0 Å². The fourth-order valence-corrected chi connectivity index (χ4v) is 5.05. The zero-order valence-electron chi connectivity index (χ0n) is 10.3. The molecule has 20 heavy (non-hydrogen) atoms. The molecule has 0 bridgehead atoms. The van der Waals surface area contributed by atoms with Crippen molar-refractivity contribution in [2.45, 2.75) is 11.1 Å². The number of hydrogen-bond donors (Lipinski definition) is 2. The van der Waals surface area contributed by atoms with Gasteiger partial charge in [0.2, 0.25) is 0 Å². The van der Waals surface area contributed by atoms with Crippen LogP contribution < -0.4 is 4.72 Å². The first-order valence-electron chi connectivity index (χ1n) is 5.67. The largest absolute Gasteiger partial charge is 0.279 e. The van der Waals surface area contributed by atoms with Gasteiger partial charge >= 0.3 is 0 Å². The first-order chi connectivity index (χ1) is 9.45. The molecule has 0 saturated heterocycles. The number of hydrogen-bond acceptors (Lipinski definition) is 4. The number of aromatic nitrogens is 2. The van der Waals surface area contributed by atoms with E-state index in [4.69, 9.17) is 0 Å². The molecule has 2 aromatic heterocycles.